The van der Waals surface area contributed by atoms with E-state index in [2.05, 4.69) is 16.6 Å². The molecule has 0 aliphatic rings. The van der Waals surface area contributed by atoms with Crippen molar-refractivity contribution in [2.45, 2.75) is 6.42 Å². The zero-order chi connectivity index (χ0) is 17.5. The molecule has 0 aromatic heterocycles. The van der Waals surface area contributed by atoms with E-state index < -0.39 is 0 Å². The molecule has 0 radical (unpaired) electrons. The molecule has 122 valence electrons. The highest BCUT2D eigenvalue weighted by atomic mass is 35.5. The summed E-state index contributed by atoms with van der Waals surface area (Å²) < 4.78 is 0. The van der Waals surface area contributed by atoms with Crippen molar-refractivity contribution in [3.8, 4) is 18.1 Å². The Bertz CT molecular complexity index is 812. The Hall–Kier alpha value is -2.97. The fraction of sp³-hybridized carbons (Fsp3) is 0.111. The smallest absolute Gasteiger partial charge is 0.243 e. The third-order valence-electron chi connectivity index (χ3n) is 3.15. The molecular weight excluding hydrogens is 328 g/mol. The number of amides is 2. The number of phenols is 1. The van der Waals surface area contributed by atoms with Crippen LogP contribution in [-0.2, 0) is 16.0 Å². The van der Waals surface area contributed by atoms with Gasteiger partial charge in [0.1, 0.15) is 5.75 Å². The van der Waals surface area contributed by atoms with E-state index in [4.69, 9.17) is 18.0 Å². The van der Waals surface area contributed by atoms with Crippen LogP contribution in [0.3, 0.4) is 0 Å². The molecule has 2 aromatic rings. The number of rotatable bonds is 5. The van der Waals surface area contributed by atoms with E-state index in [0.717, 1.165) is 0 Å². The lowest BCUT2D eigenvalue weighted by Gasteiger charge is -2.08. The van der Waals surface area contributed by atoms with Crippen LogP contribution in [0.15, 0.2) is 42.5 Å². The monoisotopic (exact) mass is 342 g/mol. The van der Waals surface area contributed by atoms with Gasteiger partial charge >= 0.3 is 0 Å². The molecule has 0 saturated heterocycles. The summed E-state index contributed by atoms with van der Waals surface area (Å²) in [5.41, 5.74) is 1.78. The fourth-order valence-corrected chi connectivity index (χ4v) is 2.23. The molecule has 6 heteroatoms. The van der Waals surface area contributed by atoms with Crippen molar-refractivity contribution in [3.05, 3.63) is 58.6 Å². The quantitative estimate of drug-likeness (QED) is 0.730. The number of hydrogen-bond acceptors (Lipinski definition) is 3. The Morgan fingerprint density at radius 1 is 1.17 bits per heavy atom. The van der Waals surface area contributed by atoms with Gasteiger partial charge in [-0.25, -0.2) is 0 Å². The molecule has 0 atom stereocenters. The minimum atomic E-state index is -0.366. The predicted octanol–water partition coefficient (Wildman–Crippen LogP) is 2.32. The van der Waals surface area contributed by atoms with Crippen LogP contribution in [0.25, 0.3) is 0 Å². The lowest BCUT2D eigenvalue weighted by molar-refractivity contribution is -0.123. The van der Waals surface area contributed by atoms with Crippen LogP contribution in [0.4, 0.5) is 5.69 Å². The van der Waals surface area contributed by atoms with E-state index in [1.54, 1.807) is 30.3 Å². The van der Waals surface area contributed by atoms with Gasteiger partial charge < -0.3 is 15.7 Å². The number of carbonyl (C=O) groups is 2. The average Bonchev–Trinajstić information content (AvgIpc) is 2.56. The number of anilines is 1. The lowest BCUT2D eigenvalue weighted by Crippen LogP contribution is -2.33. The Balaban J connectivity index is 1.84. The summed E-state index contributed by atoms with van der Waals surface area (Å²) in [5, 5.41) is 14.7. The van der Waals surface area contributed by atoms with Gasteiger partial charge in [-0.1, -0.05) is 29.7 Å². The van der Waals surface area contributed by atoms with Gasteiger partial charge in [0.2, 0.25) is 11.8 Å². The first-order valence-electron chi connectivity index (χ1n) is 7.08. The van der Waals surface area contributed by atoms with Crippen molar-refractivity contribution in [3.63, 3.8) is 0 Å². The van der Waals surface area contributed by atoms with Gasteiger partial charge in [0.05, 0.1) is 13.0 Å². The molecule has 0 heterocycles. The van der Waals surface area contributed by atoms with Gasteiger partial charge in [0.25, 0.3) is 0 Å². The molecule has 0 spiro atoms. The van der Waals surface area contributed by atoms with Gasteiger partial charge in [-0.15, -0.1) is 6.42 Å². The molecule has 2 rings (SSSR count). The van der Waals surface area contributed by atoms with Crippen molar-refractivity contribution < 1.29 is 14.7 Å². The van der Waals surface area contributed by atoms with Crippen LogP contribution in [-0.4, -0.2) is 23.5 Å². The van der Waals surface area contributed by atoms with E-state index in [1.807, 2.05) is 0 Å². The molecule has 0 bridgehead atoms. The number of halogens is 1. The van der Waals surface area contributed by atoms with Crippen molar-refractivity contribution >= 4 is 29.1 Å². The molecule has 2 amide bonds. The van der Waals surface area contributed by atoms with E-state index in [1.165, 1.54) is 12.1 Å². The van der Waals surface area contributed by atoms with Crippen molar-refractivity contribution in [2.24, 2.45) is 0 Å². The van der Waals surface area contributed by atoms with Gasteiger partial charge in [0.15, 0.2) is 0 Å². The van der Waals surface area contributed by atoms with E-state index in [9.17, 15) is 14.7 Å². The largest absolute Gasteiger partial charge is 0.508 e. The molecule has 0 fully saturated rings. The Morgan fingerprint density at radius 2 is 1.96 bits per heavy atom. The Labute approximate surface area is 144 Å². The normalized spacial score (nSPS) is 9.83. The summed E-state index contributed by atoms with van der Waals surface area (Å²) in [7, 11) is 0. The first kappa shape index (κ1) is 17.4. The van der Waals surface area contributed by atoms with Crippen LogP contribution in [0.5, 0.6) is 5.75 Å². The van der Waals surface area contributed by atoms with Crippen molar-refractivity contribution in [1.82, 2.24) is 5.32 Å². The molecule has 3 N–H and O–H groups in total. The predicted molar refractivity (Wildman–Crippen MR) is 92.8 cm³/mol. The maximum Gasteiger partial charge on any atom is 0.243 e. The molecule has 0 aliphatic heterocycles. The lowest BCUT2D eigenvalue weighted by atomic mass is 10.1. The standard InChI is InChI=1S/C18H15ClN2O3/c1-2-12-4-3-5-14(8-12)21-18(24)11-20-17(23)9-13-6-7-15(22)10-16(13)19/h1,3-8,10,22H,9,11H2,(H,20,23)(H,21,24). The summed E-state index contributed by atoms with van der Waals surface area (Å²) in [4.78, 5) is 23.7. The highest BCUT2D eigenvalue weighted by Crippen LogP contribution is 2.21. The molecular formula is C18H15ClN2O3. The summed E-state index contributed by atoms with van der Waals surface area (Å²) in [6, 6.07) is 11.2. The van der Waals surface area contributed by atoms with E-state index in [0.29, 0.717) is 21.8 Å². The number of carbonyl (C=O) groups excluding carboxylic acids is 2. The number of aromatic hydroxyl groups is 1. The van der Waals surface area contributed by atoms with Crippen molar-refractivity contribution in [1.29, 1.82) is 0 Å². The van der Waals surface area contributed by atoms with Crippen LogP contribution < -0.4 is 10.6 Å². The van der Waals surface area contributed by atoms with Crippen LogP contribution in [0.1, 0.15) is 11.1 Å². The summed E-state index contributed by atoms with van der Waals surface area (Å²) >= 11 is 5.94. The number of nitrogens with one attached hydrogen (secondary N) is 2. The van der Waals surface area contributed by atoms with Crippen LogP contribution in [0.2, 0.25) is 5.02 Å². The number of benzene rings is 2. The Kier molecular flexibility index (Phi) is 5.83. The SMILES string of the molecule is C#Cc1cccc(NC(=O)CNC(=O)Cc2ccc(O)cc2Cl)c1. The topological polar surface area (TPSA) is 78.4 Å². The first-order valence-corrected chi connectivity index (χ1v) is 7.46. The molecule has 24 heavy (non-hydrogen) atoms. The average molecular weight is 343 g/mol. The third kappa shape index (κ3) is 5.04. The zero-order valence-corrected chi connectivity index (χ0v) is 13.4. The maximum atomic E-state index is 11.9. The van der Waals surface area contributed by atoms with E-state index in [-0.39, 0.29) is 30.5 Å². The van der Waals surface area contributed by atoms with Crippen LogP contribution >= 0.6 is 11.6 Å². The first-order chi connectivity index (χ1) is 11.5. The van der Waals surface area contributed by atoms with Crippen molar-refractivity contribution in [2.75, 3.05) is 11.9 Å². The fourth-order valence-electron chi connectivity index (χ4n) is 1.99. The summed E-state index contributed by atoms with van der Waals surface area (Å²) in [5.74, 6) is 1.78. The second kappa shape index (κ2) is 8.04. The highest BCUT2D eigenvalue weighted by Gasteiger charge is 2.10. The highest BCUT2D eigenvalue weighted by molar-refractivity contribution is 6.31. The van der Waals surface area contributed by atoms with Crippen LogP contribution in [0, 0.1) is 12.3 Å². The van der Waals surface area contributed by atoms with Gasteiger partial charge in [-0.05, 0) is 35.9 Å². The summed E-state index contributed by atoms with van der Waals surface area (Å²) in [6.07, 6.45) is 5.31. The number of terminal acetylenes is 1. The molecule has 0 aliphatic carbocycles. The molecule has 5 nitrogen and oxygen atoms in total. The van der Waals surface area contributed by atoms with Gasteiger partial charge in [0, 0.05) is 16.3 Å². The molecule has 0 unspecified atom stereocenters. The minimum absolute atomic E-state index is 0.0129. The summed E-state index contributed by atoms with van der Waals surface area (Å²) in [6.45, 7) is -0.172. The second-order valence-electron chi connectivity index (χ2n) is 5.00. The third-order valence-corrected chi connectivity index (χ3v) is 3.50. The zero-order valence-electron chi connectivity index (χ0n) is 12.7. The van der Waals surface area contributed by atoms with Gasteiger partial charge in [-0.3, -0.25) is 9.59 Å². The number of hydrogen-bond donors (Lipinski definition) is 3. The maximum absolute atomic E-state index is 11.9. The minimum Gasteiger partial charge on any atom is -0.508 e. The van der Waals surface area contributed by atoms with E-state index >= 15 is 0 Å². The second-order valence-corrected chi connectivity index (χ2v) is 5.41. The van der Waals surface area contributed by atoms with Gasteiger partial charge in [-0.2, -0.15) is 0 Å². The molecule has 0 saturated carbocycles. The Morgan fingerprint density at radius 3 is 2.67 bits per heavy atom. The number of phenolic OH excluding ortho intramolecular Hbond substituents is 1. The molecule has 2 aromatic carbocycles.